The first-order valence-electron chi connectivity index (χ1n) is 9.80. The van der Waals surface area contributed by atoms with Gasteiger partial charge >= 0.3 is 0 Å². The van der Waals surface area contributed by atoms with E-state index in [1.807, 2.05) is 0 Å². The molecule has 0 saturated carbocycles. The Kier molecular flexibility index (Phi) is 4.77. The van der Waals surface area contributed by atoms with Crippen LogP contribution in [-0.2, 0) is 4.79 Å². The van der Waals surface area contributed by atoms with Crippen molar-refractivity contribution in [3.8, 4) is 0 Å². The number of amides is 1. The van der Waals surface area contributed by atoms with Gasteiger partial charge in [0.15, 0.2) is 0 Å². The van der Waals surface area contributed by atoms with Gasteiger partial charge in [-0.05, 0) is 72.7 Å². The Hall–Kier alpha value is -2.95. The lowest BCUT2D eigenvalue weighted by Crippen LogP contribution is -2.29. The number of rotatable bonds is 3. The van der Waals surface area contributed by atoms with Crippen LogP contribution in [0.5, 0.6) is 0 Å². The monoisotopic (exact) mass is 394 g/mol. The van der Waals surface area contributed by atoms with Crippen LogP contribution in [0.3, 0.4) is 0 Å². The lowest BCUT2D eigenvalue weighted by atomic mass is 9.72. The zero-order valence-electron chi connectivity index (χ0n) is 16.8. The first-order valence-corrected chi connectivity index (χ1v) is 9.80. The molecule has 1 heterocycles. The normalized spacial score (nSPS) is 19.3. The number of fused-ring (bicyclic) bond motifs is 1. The average Bonchev–Trinajstić information content (AvgIpc) is 2.95. The van der Waals surface area contributed by atoms with Crippen molar-refractivity contribution in [1.82, 2.24) is 0 Å². The molecule has 5 heteroatoms. The first kappa shape index (κ1) is 19.4. The van der Waals surface area contributed by atoms with Gasteiger partial charge in [-0.3, -0.25) is 9.69 Å². The maximum absolute atomic E-state index is 13.4. The van der Waals surface area contributed by atoms with Crippen LogP contribution in [0.25, 0.3) is 0 Å². The van der Waals surface area contributed by atoms with E-state index >= 15 is 0 Å². The Balaban J connectivity index is 1.76. The van der Waals surface area contributed by atoms with Crippen LogP contribution in [0.15, 0.2) is 71.6 Å². The zero-order chi connectivity index (χ0) is 20.8. The number of anilines is 2. The largest absolute Gasteiger partial charge is 0.351 e. The summed E-state index contributed by atoms with van der Waals surface area (Å²) in [6, 6.07) is 11.9. The van der Waals surface area contributed by atoms with Gasteiger partial charge in [-0.1, -0.05) is 26.8 Å². The van der Waals surface area contributed by atoms with Gasteiger partial charge in [0.05, 0.1) is 5.70 Å². The number of benzene rings is 2. The minimum absolute atomic E-state index is 0.0996. The summed E-state index contributed by atoms with van der Waals surface area (Å²) in [6.45, 7) is 6.62. The van der Waals surface area contributed by atoms with Gasteiger partial charge in [-0.2, -0.15) is 0 Å². The molecule has 150 valence electrons. The SMILES string of the molecule is CC(C)(C)C1CC=C2C(=C(Nc3ccc(F)cc3)C(=O)N2c2ccc(F)cc2)C1. The number of carbonyl (C=O) groups excluding carboxylic acids is 1. The molecule has 4 rings (SSSR count). The summed E-state index contributed by atoms with van der Waals surface area (Å²) in [5.41, 5.74) is 3.69. The number of halogens is 2. The van der Waals surface area contributed by atoms with E-state index in [0.717, 1.165) is 24.1 Å². The van der Waals surface area contributed by atoms with Gasteiger partial charge < -0.3 is 5.32 Å². The molecule has 1 aliphatic carbocycles. The molecule has 3 nitrogen and oxygen atoms in total. The van der Waals surface area contributed by atoms with Crippen LogP contribution in [0.1, 0.15) is 33.6 Å². The van der Waals surface area contributed by atoms with E-state index in [9.17, 15) is 13.6 Å². The molecule has 0 spiro atoms. The molecular weight excluding hydrogens is 370 g/mol. The summed E-state index contributed by atoms with van der Waals surface area (Å²) in [4.78, 5) is 15.0. The first-order chi connectivity index (χ1) is 13.7. The Morgan fingerprint density at radius 1 is 0.966 bits per heavy atom. The number of hydrogen-bond donors (Lipinski definition) is 1. The van der Waals surface area contributed by atoms with Gasteiger partial charge in [0, 0.05) is 16.9 Å². The molecule has 1 aliphatic heterocycles. The summed E-state index contributed by atoms with van der Waals surface area (Å²) in [5, 5.41) is 3.21. The fourth-order valence-corrected chi connectivity index (χ4v) is 3.93. The average molecular weight is 394 g/mol. The molecule has 0 bridgehead atoms. The van der Waals surface area contributed by atoms with Gasteiger partial charge in [0.1, 0.15) is 17.3 Å². The third-order valence-corrected chi connectivity index (χ3v) is 5.74. The second-order valence-corrected chi connectivity index (χ2v) is 8.69. The molecule has 1 unspecified atom stereocenters. The van der Waals surface area contributed by atoms with E-state index < -0.39 is 0 Å². The van der Waals surface area contributed by atoms with Crippen LogP contribution in [0, 0.1) is 23.0 Å². The van der Waals surface area contributed by atoms with Crippen molar-refractivity contribution in [2.24, 2.45) is 11.3 Å². The van der Waals surface area contributed by atoms with Crippen molar-refractivity contribution >= 4 is 17.3 Å². The van der Waals surface area contributed by atoms with Gasteiger partial charge in [0.25, 0.3) is 5.91 Å². The summed E-state index contributed by atoms with van der Waals surface area (Å²) in [7, 11) is 0. The highest BCUT2D eigenvalue weighted by Crippen LogP contribution is 2.46. The van der Waals surface area contributed by atoms with E-state index in [0.29, 0.717) is 23.0 Å². The lowest BCUT2D eigenvalue weighted by Gasteiger charge is -2.34. The molecule has 1 atom stereocenters. The van der Waals surface area contributed by atoms with Crippen molar-refractivity contribution in [2.45, 2.75) is 33.6 Å². The predicted octanol–water partition coefficient (Wildman–Crippen LogP) is 6.02. The highest BCUT2D eigenvalue weighted by molar-refractivity contribution is 6.15. The van der Waals surface area contributed by atoms with Crippen molar-refractivity contribution in [2.75, 3.05) is 10.2 Å². The van der Waals surface area contributed by atoms with Gasteiger partial charge in [0.2, 0.25) is 0 Å². The van der Waals surface area contributed by atoms with E-state index in [-0.39, 0.29) is 23.0 Å². The van der Waals surface area contributed by atoms with Crippen molar-refractivity contribution in [3.63, 3.8) is 0 Å². The topological polar surface area (TPSA) is 32.3 Å². The molecule has 2 aromatic carbocycles. The number of carbonyl (C=O) groups is 1. The van der Waals surface area contributed by atoms with Crippen molar-refractivity contribution in [3.05, 3.63) is 83.2 Å². The second kappa shape index (κ2) is 7.14. The maximum atomic E-state index is 13.4. The van der Waals surface area contributed by atoms with Crippen LogP contribution >= 0.6 is 0 Å². The van der Waals surface area contributed by atoms with Crippen LogP contribution < -0.4 is 10.2 Å². The van der Waals surface area contributed by atoms with Crippen molar-refractivity contribution < 1.29 is 13.6 Å². The third kappa shape index (κ3) is 3.69. The third-order valence-electron chi connectivity index (χ3n) is 5.74. The minimum Gasteiger partial charge on any atom is -0.351 e. The lowest BCUT2D eigenvalue weighted by molar-refractivity contribution is -0.114. The van der Waals surface area contributed by atoms with E-state index in [4.69, 9.17) is 0 Å². The fourth-order valence-electron chi connectivity index (χ4n) is 3.93. The smallest absolute Gasteiger partial charge is 0.279 e. The Labute approximate surface area is 169 Å². The molecule has 29 heavy (non-hydrogen) atoms. The molecule has 2 aliphatic rings. The zero-order valence-corrected chi connectivity index (χ0v) is 16.8. The fraction of sp³-hybridized carbons (Fsp3) is 0.292. The second-order valence-electron chi connectivity index (χ2n) is 8.69. The number of nitrogens with zero attached hydrogens (tertiary/aromatic N) is 1. The molecule has 0 aromatic heterocycles. The summed E-state index contributed by atoms with van der Waals surface area (Å²) >= 11 is 0. The highest BCUT2D eigenvalue weighted by atomic mass is 19.1. The van der Waals surface area contributed by atoms with Gasteiger partial charge in [-0.25, -0.2) is 8.78 Å². The summed E-state index contributed by atoms with van der Waals surface area (Å²) < 4.78 is 26.7. The molecule has 2 aromatic rings. The number of nitrogens with one attached hydrogen (secondary N) is 1. The molecular formula is C24H24F2N2O. The van der Waals surface area contributed by atoms with Crippen LogP contribution in [0.4, 0.5) is 20.2 Å². The highest BCUT2D eigenvalue weighted by Gasteiger charge is 2.41. The molecule has 0 radical (unpaired) electrons. The van der Waals surface area contributed by atoms with E-state index in [1.54, 1.807) is 29.2 Å². The molecule has 1 N–H and O–H groups in total. The Bertz CT molecular complexity index is 999. The van der Waals surface area contributed by atoms with Crippen LogP contribution in [-0.4, -0.2) is 5.91 Å². The van der Waals surface area contributed by atoms with Crippen LogP contribution in [0.2, 0.25) is 0 Å². The summed E-state index contributed by atoms with van der Waals surface area (Å²) in [6.07, 6.45) is 3.74. The molecule has 0 fully saturated rings. The number of hydrogen-bond acceptors (Lipinski definition) is 2. The standard InChI is InChI=1S/C24H24F2N2O/c1-24(2,3)15-4-13-21-20(14-15)22(27-18-9-5-16(25)6-10-18)23(29)28(21)19-11-7-17(26)8-12-19/h5-13,15,27H,4,14H2,1-3H3. The molecule has 0 saturated heterocycles. The Morgan fingerprint density at radius 2 is 1.55 bits per heavy atom. The quantitative estimate of drug-likeness (QED) is 0.691. The Morgan fingerprint density at radius 3 is 2.14 bits per heavy atom. The van der Waals surface area contributed by atoms with E-state index in [1.165, 1.54) is 24.3 Å². The predicted molar refractivity (Wildman–Crippen MR) is 111 cm³/mol. The number of allylic oxidation sites excluding steroid dienone is 2. The van der Waals surface area contributed by atoms with E-state index in [2.05, 4.69) is 32.2 Å². The minimum atomic E-state index is -0.344. The summed E-state index contributed by atoms with van der Waals surface area (Å²) in [5.74, 6) is -0.461. The molecule has 1 amide bonds. The maximum Gasteiger partial charge on any atom is 0.279 e. The van der Waals surface area contributed by atoms with Crippen molar-refractivity contribution in [1.29, 1.82) is 0 Å². The van der Waals surface area contributed by atoms with Gasteiger partial charge in [-0.15, -0.1) is 0 Å².